The van der Waals surface area contributed by atoms with Crippen LogP contribution in [-0.2, 0) is 24.4 Å². The van der Waals surface area contributed by atoms with E-state index in [1.165, 1.54) is 0 Å². The molecule has 8 nitrogen and oxygen atoms in total. The third-order valence-electron chi connectivity index (χ3n) is 5.39. The average molecular weight is 363 g/mol. The maximum Gasteiger partial charge on any atom is 0.182 e. The maximum atomic E-state index is 6.27. The zero-order valence-electron chi connectivity index (χ0n) is 15.0. The predicted molar refractivity (Wildman–Crippen MR) is 99.3 cm³/mol. The number of rotatable bonds is 3. The minimum Gasteiger partial charge on any atom is -0.383 e. The van der Waals surface area contributed by atoms with Gasteiger partial charge in [-0.3, -0.25) is 9.88 Å². The van der Waals surface area contributed by atoms with Crippen molar-refractivity contribution in [3.8, 4) is 11.5 Å². The molecule has 0 aromatic carbocycles. The normalized spacial score (nSPS) is 22.2. The summed E-state index contributed by atoms with van der Waals surface area (Å²) < 4.78 is 8.43. The third kappa shape index (κ3) is 2.96. The SMILES string of the molecule is Nc1ncccc1CN1CCC2(C1)Cn1c(nnc1-c1ccccn1)CO2. The first kappa shape index (κ1) is 16.3. The number of hydrogen-bond acceptors (Lipinski definition) is 7. The molecule has 5 rings (SSSR count). The van der Waals surface area contributed by atoms with Crippen molar-refractivity contribution < 1.29 is 4.74 Å². The van der Waals surface area contributed by atoms with Crippen LogP contribution in [0.15, 0.2) is 42.7 Å². The molecule has 2 aliphatic heterocycles. The predicted octanol–water partition coefficient (Wildman–Crippen LogP) is 1.49. The molecule has 138 valence electrons. The van der Waals surface area contributed by atoms with Gasteiger partial charge in [-0.25, -0.2) is 4.98 Å². The molecule has 3 aromatic heterocycles. The second-order valence-electron chi connectivity index (χ2n) is 7.22. The van der Waals surface area contributed by atoms with Gasteiger partial charge in [0.05, 0.1) is 6.54 Å². The van der Waals surface area contributed by atoms with Crippen LogP contribution in [0.25, 0.3) is 11.5 Å². The highest BCUT2D eigenvalue weighted by atomic mass is 16.5. The molecule has 2 N–H and O–H groups in total. The molecule has 3 aromatic rings. The van der Waals surface area contributed by atoms with Crippen molar-refractivity contribution in [1.29, 1.82) is 0 Å². The quantitative estimate of drug-likeness (QED) is 0.753. The molecule has 1 saturated heterocycles. The number of hydrogen-bond donors (Lipinski definition) is 1. The van der Waals surface area contributed by atoms with Gasteiger partial charge in [0.2, 0.25) is 0 Å². The molecule has 1 fully saturated rings. The van der Waals surface area contributed by atoms with E-state index < -0.39 is 0 Å². The van der Waals surface area contributed by atoms with Gasteiger partial charge in [0.15, 0.2) is 11.6 Å². The van der Waals surface area contributed by atoms with Crippen LogP contribution in [0.1, 0.15) is 17.8 Å². The Morgan fingerprint density at radius 3 is 2.85 bits per heavy atom. The number of ether oxygens (including phenoxy) is 1. The van der Waals surface area contributed by atoms with Crippen LogP contribution in [0.5, 0.6) is 0 Å². The summed E-state index contributed by atoms with van der Waals surface area (Å²) in [5.74, 6) is 2.26. The molecular formula is C19H21N7O. The molecule has 5 heterocycles. The Morgan fingerprint density at radius 1 is 1.07 bits per heavy atom. The zero-order chi connectivity index (χ0) is 18.3. The van der Waals surface area contributed by atoms with Gasteiger partial charge in [0.1, 0.15) is 23.7 Å². The van der Waals surface area contributed by atoms with Crippen LogP contribution in [0.4, 0.5) is 5.82 Å². The lowest BCUT2D eigenvalue weighted by Crippen LogP contribution is -2.44. The molecule has 8 heteroatoms. The Labute approximate surface area is 157 Å². The van der Waals surface area contributed by atoms with E-state index in [1.807, 2.05) is 30.3 Å². The molecule has 1 atom stereocenters. The van der Waals surface area contributed by atoms with Gasteiger partial charge in [-0.15, -0.1) is 10.2 Å². The molecule has 1 unspecified atom stereocenters. The molecule has 0 bridgehead atoms. The van der Waals surface area contributed by atoms with Crippen molar-refractivity contribution in [1.82, 2.24) is 29.6 Å². The average Bonchev–Trinajstić information content (AvgIpc) is 3.29. The summed E-state index contributed by atoms with van der Waals surface area (Å²) in [7, 11) is 0. The standard InChI is InChI=1S/C19H21N7O/c20-17-14(4-3-8-22-17)10-25-9-6-19(12-25)13-26-16(11-27-19)23-24-18(26)15-5-1-2-7-21-15/h1-5,7-8H,6,9-13H2,(H2,20,22). The Bertz CT molecular complexity index is 958. The smallest absolute Gasteiger partial charge is 0.182 e. The lowest BCUT2D eigenvalue weighted by molar-refractivity contribution is -0.0821. The molecule has 1 spiro atoms. The van der Waals surface area contributed by atoms with Crippen LogP contribution in [0, 0.1) is 0 Å². The minimum absolute atomic E-state index is 0.226. The summed E-state index contributed by atoms with van der Waals surface area (Å²) in [6, 6.07) is 9.80. The Balaban J connectivity index is 1.36. The third-order valence-corrected chi connectivity index (χ3v) is 5.39. The number of pyridine rings is 2. The van der Waals surface area contributed by atoms with E-state index >= 15 is 0 Å². The van der Waals surface area contributed by atoms with Gasteiger partial charge in [-0.2, -0.15) is 0 Å². The van der Waals surface area contributed by atoms with E-state index in [2.05, 4.69) is 29.6 Å². The van der Waals surface area contributed by atoms with E-state index in [4.69, 9.17) is 10.5 Å². The second-order valence-corrected chi connectivity index (χ2v) is 7.22. The zero-order valence-corrected chi connectivity index (χ0v) is 15.0. The monoisotopic (exact) mass is 363 g/mol. The second kappa shape index (κ2) is 6.40. The van der Waals surface area contributed by atoms with E-state index in [-0.39, 0.29) is 5.60 Å². The molecule has 0 aliphatic carbocycles. The summed E-state index contributed by atoms with van der Waals surface area (Å²) in [4.78, 5) is 11.0. The number of fused-ring (bicyclic) bond motifs is 1. The van der Waals surface area contributed by atoms with Crippen LogP contribution >= 0.6 is 0 Å². The van der Waals surface area contributed by atoms with E-state index in [1.54, 1.807) is 12.4 Å². The summed E-state index contributed by atoms with van der Waals surface area (Å²) in [6.07, 6.45) is 4.47. The largest absolute Gasteiger partial charge is 0.383 e. The first-order valence-electron chi connectivity index (χ1n) is 9.12. The number of nitrogens with zero attached hydrogens (tertiary/aromatic N) is 6. The topological polar surface area (TPSA) is 95.0 Å². The van der Waals surface area contributed by atoms with E-state index in [0.717, 1.165) is 55.5 Å². The minimum atomic E-state index is -0.226. The van der Waals surface area contributed by atoms with Gasteiger partial charge < -0.3 is 15.0 Å². The van der Waals surface area contributed by atoms with Crippen molar-refractivity contribution >= 4 is 5.82 Å². The molecule has 27 heavy (non-hydrogen) atoms. The first-order valence-corrected chi connectivity index (χ1v) is 9.12. The van der Waals surface area contributed by atoms with Crippen molar-refractivity contribution in [2.45, 2.75) is 31.7 Å². The number of anilines is 1. The van der Waals surface area contributed by atoms with Gasteiger partial charge in [0.25, 0.3) is 0 Å². The number of nitrogen functional groups attached to an aromatic ring is 1. The van der Waals surface area contributed by atoms with Gasteiger partial charge in [0, 0.05) is 37.6 Å². The molecular weight excluding hydrogens is 342 g/mol. The summed E-state index contributed by atoms with van der Waals surface area (Å²) in [6.45, 7) is 3.81. The highest BCUT2D eigenvalue weighted by molar-refractivity contribution is 5.49. The molecule has 0 saturated carbocycles. The highest BCUT2D eigenvalue weighted by Crippen LogP contribution is 2.34. The fraction of sp³-hybridized carbons (Fsp3) is 0.368. The van der Waals surface area contributed by atoms with Crippen molar-refractivity contribution in [2.75, 3.05) is 18.8 Å². The summed E-state index contributed by atoms with van der Waals surface area (Å²) >= 11 is 0. The summed E-state index contributed by atoms with van der Waals surface area (Å²) in [5, 5.41) is 8.65. The van der Waals surface area contributed by atoms with Crippen LogP contribution in [-0.4, -0.2) is 48.3 Å². The van der Waals surface area contributed by atoms with Crippen LogP contribution in [0.2, 0.25) is 0 Å². The Hall–Kier alpha value is -2.84. The lowest BCUT2D eigenvalue weighted by Gasteiger charge is -2.34. The molecule has 0 amide bonds. The van der Waals surface area contributed by atoms with Crippen LogP contribution in [0.3, 0.4) is 0 Å². The Morgan fingerprint density at radius 2 is 2.00 bits per heavy atom. The molecule has 0 radical (unpaired) electrons. The molecule has 2 aliphatic rings. The first-order chi connectivity index (χ1) is 13.2. The van der Waals surface area contributed by atoms with Gasteiger partial charge >= 0.3 is 0 Å². The van der Waals surface area contributed by atoms with Crippen molar-refractivity contribution in [2.24, 2.45) is 0 Å². The van der Waals surface area contributed by atoms with Gasteiger partial charge in [-0.1, -0.05) is 12.1 Å². The maximum absolute atomic E-state index is 6.27. The van der Waals surface area contributed by atoms with Gasteiger partial charge in [-0.05, 0) is 24.6 Å². The van der Waals surface area contributed by atoms with Crippen molar-refractivity contribution in [3.63, 3.8) is 0 Å². The highest BCUT2D eigenvalue weighted by Gasteiger charge is 2.43. The number of nitrogens with two attached hydrogens (primary N) is 1. The Kier molecular flexibility index (Phi) is 3.87. The van der Waals surface area contributed by atoms with Crippen LogP contribution < -0.4 is 5.73 Å². The van der Waals surface area contributed by atoms with E-state index in [9.17, 15) is 0 Å². The number of likely N-dealkylation sites (tertiary alicyclic amines) is 1. The fourth-order valence-corrected chi connectivity index (χ4v) is 3.98. The lowest BCUT2D eigenvalue weighted by atomic mass is 10.0. The van der Waals surface area contributed by atoms with E-state index in [0.29, 0.717) is 12.4 Å². The number of aromatic nitrogens is 5. The summed E-state index contributed by atoms with van der Waals surface area (Å²) in [5.41, 5.74) is 7.68. The van der Waals surface area contributed by atoms with Crippen molar-refractivity contribution in [3.05, 3.63) is 54.1 Å². The fourth-order valence-electron chi connectivity index (χ4n) is 3.98.